The normalized spacial score (nSPS) is 10.4. The summed E-state index contributed by atoms with van der Waals surface area (Å²) in [5.41, 5.74) is 0.884. The maximum absolute atomic E-state index is 4.09. The van der Waals surface area contributed by atoms with Crippen LogP contribution in [-0.2, 0) is 6.54 Å². The van der Waals surface area contributed by atoms with Gasteiger partial charge in [0.15, 0.2) is 5.82 Å². The minimum absolute atomic E-state index is 0.434. The van der Waals surface area contributed by atoms with Gasteiger partial charge in [0.1, 0.15) is 0 Å². The van der Waals surface area contributed by atoms with Crippen molar-refractivity contribution in [2.45, 2.75) is 6.54 Å². The Labute approximate surface area is 123 Å². The number of hydrogen-bond donors (Lipinski definition) is 1. The Morgan fingerprint density at radius 2 is 2.00 bits per heavy atom. The molecule has 0 aliphatic carbocycles. The standard InChI is InChI=1S/C12H10BrN7/c13-9-3-1-4-10(7-9)20-11(17-18-19-20)8-16-12-14-5-2-6-15-12/h1-7H,8H2,(H,14,15,16). The first-order valence-electron chi connectivity index (χ1n) is 5.87. The van der Waals surface area contributed by atoms with Gasteiger partial charge >= 0.3 is 0 Å². The fourth-order valence-electron chi connectivity index (χ4n) is 1.67. The van der Waals surface area contributed by atoms with Gasteiger partial charge in [0, 0.05) is 16.9 Å². The van der Waals surface area contributed by atoms with Crippen LogP contribution in [0.25, 0.3) is 5.69 Å². The van der Waals surface area contributed by atoms with Crippen LogP contribution in [0, 0.1) is 0 Å². The molecule has 20 heavy (non-hydrogen) atoms. The van der Waals surface area contributed by atoms with Crippen LogP contribution in [-0.4, -0.2) is 30.2 Å². The zero-order valence-corrected chi connectivity index (χ0v) is 11.9. The lowest BCUT2D eigenvalue weighted by atomic mass is 10.3. The molecule has 1 aromatic carbocycles. The number of anilines is 1. The van der Waals surface area contributed by atoms with Crippen molar-refractivity contribution in [1.82, 2.24) is 30.2 Å². The number of aromatic nitrogens is 6. The lowest BCUT2D eigenvalue weighted by molar-refractivity contribution is 0.766. The Kier molecular flexibility index (Phi) is 3.64. The van der Waals surface area contributed by atoms with Crippen molar-refractivity contribution in [3.63, 3.8) is 0 Å². The molecule has 7 nitrogen and oxygen atoms in total. The molecule has 0 fully saturated rings. The summed E-state index contributed by atoms with van der Waals surface area (Å²) in [5.74, 6) is 1.21. The minimum Gasteiger partial charge on any atom is -0.347 e. The molecule has 0 saturated carbocycles. The Hall–Kier alpha value is -2.35. The average Bonchev–Trinajstić information content (AvgIpc) is 2.95. The lowest BCUT2D eigenvalue weighted by Gasteiger charge is -2.06. The first kappa shape index (κ1) is 12.7. The van der Waals surface area contributed by atoms with Crippen molar-refractivity contribution in [3.8, 4) is 5.69 Å². The molecule has 0 spiro atoms. The van der Waals surface area contributed by atoms with Crippen LogP contribution in [0.15, 0.2) is 47.2 Å². The average molecular weight is 332 g/mol. The van der Waals surface area contributed by atoms with Gasteiger partial charge in [-0.25, -0.2) is 9.97 Å². The molecule has 0 atom stereocenters. The van der Waals surface area contributed by atoms with Crippen LogP contribution < -0.4 is 5.32 Å². The van der Waals surface area contributed by atoms with E-state index in [1.807, 2.05) is 24.3 Å². The fraction of sp³-hybridized carbons (Fsp3) is 0.0833. The second-order valence-corrected chi connectivity index (χ2v) is 4.83. The minimum atomic E-state index is 0.434. The fourth-order valence-corrected chi connectivity index (χ4v) is 2.06. The highest BCUT2D eigenvalue weighted by atomic mass is 79.9. The molecular formula is C12H10BrN7. The third kappa shape index (κ3) is 2.80. The number of halogens is 1. The van der Waals surface area contributed by atoms with Crippen LogP contribution in [0.3, 0.4) is 0 Å². The summed E-state index contributed by atoms with van der Waals surface area (Å²) in [6.07, 6.45) is 3.35. The van der Waals surface area contributed by atoms with Gasteiger partial charge in [-0.1, -0.05) is 22.0 Å². The Bertz CT molecular complexity index is 698. The Morgan fingerprint density at radius 1 is 1.15 bits per heavy atom. The summed E-state index contributed by atoms with van der Waals surface area (Å²) >= 11 is 3.43. The van der Waals surface area contributed by atoms with E-state index >= 15 is 0 Å². The van der Waals surface area contributed by atoms with Gasteiger partial charge in [-0.3, -0.25) is 0 Å². The number of rotatable bonds is 4. The second-order valence-electron chi connectivity index (χ2n) is 3.91. The first-order chi connectivity index (χ1) is 9.83. The highest BCUT2D eigenvalue weighted by Gasteiger charge is 2.08. The molecule has 1 N–H and O–H groups in total. The van der Waals surface area contributed by atoms with Crippen molar-refractivity contribution >= 4 is 21.9 Å². The van der Waals surface area contributed by atoms with Crippen LogP contribution in [0.1, 0.15) is 5.82 Å². The van der Waals surface area contributed by atoms with Crippen molar-refractivity contribution < 1.29 is 0 Å². The Morgan fingerprint density at radius 3 is 2.80 bits per heavy atom. The van der Waals surface area contributed by atoms with Gasteiger partial charge in [0.05, 0.1) is 12.2 Å². The smallest absolute Gasteiger partial charge is 0.222 e. The van der Waals surface area contributed by atoms with Crippen LogP contribution in [0.4, 0.5) is 5.95 Å². The summed E-state index contributed by atoms with van der Waals surface area (Å²) in [5, 5.41) is 14.8. The summed E-state index contributed by atoms with van der Waals surface area (Å²) < 4.78 is 2.64. The molecule has 3 aromatic rings. The maximum atomic E-state index is 4.09. The second kappa shape index (κ2) is 5.74. The van der Waals surface area contributed by atoms with E-state index in [4.69, 9.17) is 0 Å². The van der Waals surface area contributed by atoms with E-state index in [0.29, 0.717) is 18.3 Å². The molecule has 0 saturated heterocycles. The number of nitrogens with zero attached hydrogens (tertiary/aromatic N) is 6. The summed E-state index contributed by atoms with van der Waals surface area (Å²) in [6, 6.07) is 9.52. The highest BCUT2D eigenvalue weighted by Crippen LogP contribution is 2.15. The maximum Gasteiger partial charge on any atom is 0.222 e. The predicted molar refractivity (Wildman–Crippen MR) is 76.2 cm³/mol. The molecule has 0 radical (unpaired) electrons. The SMILES string of the molecule is Brc1cccc(-n2nnnc2CNc2ncccn2)c1. The molecule has 0 bridgehead atoms. The van der Waals surface area contributed by atoms with Crippen molar-refractivity contribution in [1.29, 1.82) is 0 Å². The zero-order chi connectivity index (χ0) is 13.8. The first-order valence-corrected chi connectivity index (χ1v) is 6.66. The van der Waals surface area contributed by atoms with Crippen molar-refractivity contribution in [2.75, 3.05) is 5.32 Å². The van der Waals surface area contributed by atoms with E-state index in [-0.39, 0.29) is 0 Å². The summed E-state index contributed by atoms with van der Waals surface area (Å²) in [6.45, 7) is 0.434. The third-order valence-electron chi connectivity index (χ3n) is 2.56. The monoisotopic (exact) mass is 331 g/mol. The van der Waals surface area contributed by atoms with Gasteiger partial charge in [0.25, 0.3) is 0 Å². The molecule has 3 rings (SSSR count). The van der Waals surface area contributed by atoms with Gasteiger partial charge in [0.2, 0.25) is 5.95 Å². The van der Waals surface area contributed by atoms with E-state index in [1.54, 1.807) is 23.1 Å². The third-order valence-corrected chi connectivity index (χ3v) is 3.05. The molecule has 0 amide bonds. The van der Waals surface area contributed by atoms with Gasteiger partial charge in [-0.05, 0) is 34.7 Å². The van der Waals surface area contributed by atoms with Crippen molar-refractivity contribution in [3.05, 3.63) is 53.0 Å². The number of nitrogens with one attached hydrogen (secondary N) is 1. The summed E-state index contributed by atoms with van der Waals surface area (Å²) in [7, 11) is 0. The molecule has 2 heterocycles. The molecule has 8 heteroatoms. The molecular weight excluding hydrogens is 322 g/mol. The van der Waals surface area contributed by atoms with Crippen LogP contribution >= 0.6 is 15.9 Å². The number of hydrogen-bond acceptors (Lipinski definition) is 6. The highest BCUT2D eigenvalue weighted by molar-refractivity contribution is 9.10. The zero-order valence-electron chi connectivity index (χ0n) is 10.3. The predicted octanol–water partition coefficient (Wildman–Crippen LogP) is 1.83. The molecule has 0 unspecified atom stereocenters. The largest absolute Gasteiger partial charge is 0.347 e. The number of benzene rings is 1. The molecule has 0 aliphatic heterocycles. The van der Waals surface area contributed by atoms with E-state index in [2.05, 4.69) is 46.7 Å². The Balaban J connectivity index is 1.80. The molecule has 0 aliphatic rings. The van der Waals surface area contributed by atoms with Crippen LogP contribution in [0.5, 0.6) is 0 Å². The number of tetrazole rings is 1. The van der Waals surface area contributed by atoms with Crippen molar-refractivity contribution in [2.24, 2.45) is 0 Å². The molecule has 2 aromatic heterocycles. The van der Waals surface area contributed by atoms with Gasteiger partial charge in [-0.2, -0.15) is 4.68 Å². The van der Waals surface area contributed by atoms with E-state index in [0.717, 1.165) is 10.2 Å². The van der Waals surface area contributed by atoms with Gasteiger partial charge in [-0.15, -0.1) is 5.10 Å². The van der Waals surface area contributed by atoms with E-state index in [9.17, 15) is 0 Å². The van der Waals surface area contributed by atoms with E-state index in [1.165, 1.54) is 0 Å². The van der Waals surface area contributed by atoms with Gasteiger partial charge < -0.3 is 5.32 Å². The quantitative estimate of drug-likeness (QED) is 0.785. The lowest BCUT2D eigenvalue weighted by Crippen LogP contribution is -2.10. The van der Waals surface area contributed by atoms with Crippen LogP contribution in [0.2, 0.25) is 0 Å². The summed E-state index contributed by atoms with van der Waals surface area (Å²) in [4.78, 5) is 8.17. The topological polar surface area (TPSA) is 81.4 Å². The molecule has 100 valence electrons. The van der Waals surface area contributed by atoms with E-state index < -0.39 is 0 Å².